The number of allylic oxidation sites excluding steroid dienone is 4. The zero-order valence-electron chi connectivity index (χ0n) is 27.8. The predicted octanol–water partition coefficient (Wildman–Crippen LogP) is 10.7. The van der Waals surface area contributed by atoms with Crippen LogP contribution in [-0.4, -0.2) is 36.4 Å². The zero-order chi connectivity index (χ0) is 30.8. The van der Waals surface area contributed by atoms with E-state index in [-0.39, 0.29) is 25.2 Å². The number of rotatable bonds is 32. The molecule has 0 aliphatic heterocycles. The summed E-state index contributed by atoms with van der Waals surface area (Å²) in [5, 5.41) is 9.51. The van der Waals surface area contributed by atoms with Gasteiger partial charge < -0.3 is 14.6 Å². The second kappa shape index (κ2) is 33.9. The molecule has 0 amide bonds. The molecule has 0 aliphatic rings. The van der Waals surface area contributed by atoms with E-state index < -0.39 is 6.10 Å². The van der Waals surface area contributed by atoms with Crippen molar-refractivity contribution in [3.05, 3.63) is 24.3 Å². The van der Waals surface area contributed by atoms with Crippen molar-refractivity contribution < 1.29 is 24.2 Å². The monoisotopic (exact) mass is 593 g/mol. The van der Waals surface area contributed by atoms with E-state index in [0.29, 0.717) is 12.8 Å². The molecule has 246 valence electrons. The van der Waals surface area contributed by atoms with Gasteiger partial charge in [-0.25, -0.2) is 0 Å². The third-order valence-corrected chi connectivity index (χ3v) is 7.72. The summed E-state index contributed by atoms with van der Waals surface area (Å²) in [5.74, 6) is -0.605. The largest absolute Gasteiger partial charge is 0.462 e. The van der Waals surface area contributed by atoms with Gasteiger partial charge >= 0.3 is 11.9 Å². The van der Waals surface area contributed by atoms with Crippen LogP contribution in [0.15, 0.2) is 24.3 Å². The van der Waals surface area contributed by atoms with Crippen LogP contribution < -0.4 is 0 Å². The maximum Gasteiger partial charge on any atom is 0.306 e. The Labute approximate surface area is 260 Å². The Balaban J connectivity index is 3.58. The Morgan fingerprint density at radius 1 is 0.524 bits per heavy atom. The molecule has 5 nitrogen and oxygen atoms in total. The van der Waals surface area contributed by atoms with Crippen molar-refractivity contribution in [3.8, 4) is 0 Å². The number of hydrogen-bond acceptors (Lipinski definition) is 5. The molecule has 0 aromatic rings. The molecule has 1 N–H and O–H groups in total. The van der Waals surface area contributed by atoms with Gasteiger partial charge in [0.05, 0.1) is 6.61 Å². The van der Waals surface area contributed by atoms with Gasteiger partial charge in [-0.05, 0) is 64.2 Å². The third-order valence-electron chi connectivity index (χ3n) is 7.72. The van der Waals surface area contributed by atoms with Gasteiger partial charge in [0.2, 0.25) is 0 Å². The summed E-state index contributed by atoms with van der Waals surface area (Å²) in [6, 6.07) is 0. The van der Waals surface area contributed by atoms with Crippen molar-refractivity contribution >= 4 is 11.9 Å². The molecule has 0 saturated heterocycles. The van der Waals surface area contributed by atoms with Crippen molar-refractivity contribution in [3.63, 3.8) is 0 Å². The molecular weight excluding hydrogens is 524 g/mol. The highest BCUT2D eigenvalue weighted by Crippen LogP contribution is 2.12. The number of hydrogen-bond donors (Lipinski definition) is 1. The summed E-state index contributed by atoms with van der Waals surface area (Å²) >= 11 is 0. The first kappa shape index (κ1) is 40.4. The molecule has 0 heterocycles. The van der Waals surface area contributed by atoms with E-state index in [4.69, 9.17) is 9.47 Å². The summed E-state index contributed by atoms with van der Waals surface area (Å²) < 4.78 is 10.6. The number of carbonyl (C=O) groups is 2. The van der Waals surface area contributed by atoms with Crippen LogP contribution in [0.1, 0.15) is 181 Å². The summed E-state index contributed by atoms with van der Waals surface area (Å²) in [4.78, 5) is 24.1. The first-order valence-electron chi connectivity index (χ1n) is 17.9. The predicted molar refractivity (Wildman–Crippen MR) is 178 cm³/mol. The molecule has 5 heteroatoms. The molecule has 1 atom stereocenters. The quantitative estimate of drug-likeness (QED) is 0.0478. The van der Waals surface area contributed by atoms with Crippen LogP contribution >= 0.6 is 0 Å². The standard InChI is InChI=1S/C37H68O5/c1-3-5-7-9-11-13-15-17-18-20-22-24-26-28-30-32-37(40)42-35(33-38)34-41-36(39)31-29-27-25-23-21-19-16-14-12-10-8-6-4-2/h13-16,35,38H,3-12,17-34H2,1-2H3. The normalized spacial score (nSPS) is 12.4. The Morgan fingerprint density at radius 3 is 1.29 bits per heavy atom. The van der Waals surface area contributed by atoms with Crippen LogP contribution in [0.4, 0.5) is 0 Å². The number of unbranched alkanes of at least 4 members (excludes halogenated alkanes) is 20. The highest BCUT2D eigenvalue weighted by Gasteiger charge is 2.16. The molecule has 42 heavy (non-hydrogen) atoms. The van der Waals surface area contributed by atoms with Crippen molar-refractivity contribution in [1.82, 2.24) is 0 Å². The number of aliphatic hydroxyl groups is 1. The Kier molecular flexibility index (Phi) is 32.6. The van der Waals surface area contributed by atoms with Gasteiger partial charge in [0.15, 0.2) is 6.10 Å². The molecule has 1 unspecified atom stereocenters. The molecule has 0 rings (SSSR count). The number of aliphatic hydroxyl groups excluding tert-OH is 1. The van der Waals surface area contributed by atoms with E-state index in [9.17, 15) is 14.7 Å². The fraction of sp³-hybridized carbons (Fsp3) is 0.838. The molecular formula is C37H68O5. The molecule has 0 fully saturated rings. The Hall–Kier alpha value is -1.62. The number of ether oxygens (including phenoxy) is 2. The lowest BCUT2D eigenvalue weighted by Crippen LogP contribution is -2.28. The van der Waals surface area contributed by atoms with Gasteiger partial charge in [-0.1, -0.05) is 128 Å². The highest BCUT2D eigenvalue weighted by atomic mass is 16.6. The van der Waals surface area contributed by atoms with E-state index in [2.05, 4.69) is 38.2 Å². The number of carbonyl (C=O) groups excluding carboxylic acids is 2. The van der Waals surface area contributed by atoms with Gasteiger partial charge in [-0.2, -0.15) is 0 Å². The van der Waals surface area contributed by atoms with Crippen LogP contribution in [0.2, 0.25) is 0 Å². The van der Waals surface area contributed by atoms with Crippen LogP contribution in [0.3, 0.4) is 0 Å². The topological polar surface area (TPSA) is 72.8 Å². The van der Waals surface area contributed by atoms with Gasteiger partial charge in [0.25, 0.3) is 0 Å². The molecule has 0 aromatic carbocycles. The smallest absolute Gasteiger partial charge is 0.306 e. The van der Waals surface area contributed by atoms with Crippen molar-refractivity contribution in [2.45, 2.75) is 187 Å². The fourth-order valence-electron chi connectivity index (χ4n) is 4.95. The van der Waals surface area contributed by atoms with E-state index in [1.807, 2.05) is 0 Å². The molecule has 0 saturated carbocycles. The number of esters is 2. The van der Waals surface area contributed by atoms with Crippen molar-refractivity contribution in [2.75, 3.05) is 13.2 Å². The summed E-state index contributed by atoms with van der Waals surface area (Å²) in [6.07, 6.45) is 38.0. The molecule has 0 radical (unpaired) electrons. The minimum Gasteiger partial charge on any atom is -0.462 e. The average molecular weight is 593 g/mol. The lowest BCUT2D eigenvalue weighted by atomic mass is 10.1. The van der Waals surface area contributed by atoms with Crippen LogP contribution in [-0.2, 0) is 19.1 Å². The third kappa shape index (κ3) is 31.3. The second-order valence-electron chi connectivity index (χ2n) is 11.9. The molecule has 0 spiro atoms. The van der Waals surface area contributed by atoms with Gasteiger partial charge in [-0.15, -0.1) is 0 Å². The maximum absolute atomic E-state index is 12.1. The second-order valence-corrected chi connectivity index (χ2v) is 11.9. The van der Waals surface area contributed by atoms with Crippen molar-refractivity contribution in [2.24, 2.45) is 0 Å². The van der Waals surface area contributed by atoms with E-state index in [0.717, 1.165) is 44.9 Å². The summed E-state index contributed by atoms with van der Waals surface area (Å²) in [6.45, 7) is 4.09. The van der Waals surface area contributed by atoms with Crippen molar-refractivity contribution in [1.29, 1.82) is 0 Å². The van der Waals surface area contributed by atoms with Crippen LogP contribution in [0, 0.1) is 0 Å². The fourth-order valence-corrected chi connectivity index (χ4v) is 4.95. The molecule has 0 bridgehead atoms. The van der Waals surface area contributed by atoms with E-state index >= 15 is 0 Å². The zero-order valence-corrected chi connectivity index (χ0v) is 27.8. The molecule has 0 aliphatic carbocycles. The van der Waals surface area contributed by atoms with E-state index in [1.165, 1.54) is 109 Å². The summed E-state index contributed by atoms with van der Waals surface area (Å²) in [5.41, 5.74) is 0. The Bertz CT molecular complexity index is 642. The van der Waals surface area contributed by atoms with Gasteiger partial charge in [0, 0.05) is 12.8 Å². The minimum atomic E-state index is -0.772. The van der Waals surface area contributed by atoms with Crippen LogP contribution in [0.5, 0.6) is 0 Å². The minimum absolute atomic E-state index is 0.0695. The maximum atomic E-state index is 12.1. The highest BCUT2D eigenvalue weighted by molar-refractivity contribution is 5.70. The average Bonchev–Trinajstić information content (AvgIpc) is 2.99. The van der Waals surface area contributed by atoms with Gasteiger partial charge in [0.1, 0.15) is 6.61 Å². The van der Waals surface area contributed by atoms with E-state index in [1.54, 1.807) is 0 Å². The Morgan fingerprint density at radius 2 is 0.881 bits per heavy atom. The lowest BCUT2D eigenvalue weighted by molar-refractivity contribution is -0.161. The van der Waals surface area contributed by atoms with Crippen LogP contribution in [0.25, 0.3) is 0 Å². The SMILES string of the molecule is CCCCCCC=CCCCCCCCCCC(=O)OC(CO)COC(=O)CCCCCCCC=CCCCCCC. The lowest BCUT2D eigenvalue weighted by Gasteiger charge is -2.15. The van der Waals surface area contributed by atoms with Gasteiger partial charge in [-0.3, -0.25) is 9.59 Å². The first-order valence-corrected chi connectivity index (χ1v) is 17.9. The molecule has 0 aromatic heterocycles. The first-order chi connectivity index (χ1) is 20.6. The summed E-state index contributed by atoms with van der Waals surface area (Å²) in [7, 11) is 0.